The summed E-state index contributed by atoms with van der Waals surface area (Å²) in [4.78, 5) is 16.0. The number of anilines is 2. The number of carbonyl (C=O) groups is 1. The van der Waals surface area contributed by atoms with Crippen molar-refractivity contribution in [3.63, 3.8) is 0 Å². The second kappa shape index (κ2) is 6.80. The maximum absolute atomic E-state index is 13.2. The number of benzene rings is 1. The normalized spacial score (nSPS) is 16.5. The molecule has 1 saturated carbocycles. The average molecular weight is 381 g/mol. The molecule has 1 fully saturated rings. The molecule has 1 aliphatic rings. The van der Waals surface area contributed by atoms with E-state index in [2.05, 4.69) is 15.6 Å². The zero-order valence-corrected chi connectivity index (χ0v) is 14.3. The highest BCUT2D eigenvalue weighted by Crippen LogP contribution is 2.39. The van der Waals surface area contributed by atoms with Gasteiger partial charge in [-0.2, -0.15) is 13.2 Å². The third kappa shape index (κ3) is 4.36. The van der Waals surface area contributed by atoms with E-state index in [1.165, 1.54) is 12.3 Å². The Kier molecular flexibility index (Phi) is 4.81. The lowest BCUT2D eigenvalue weighted by Crippen LogP contribution is -2.35. The van der Waals surface area contributed by atoms with Crippen LogP contribution in [0, 0.1) is 5.82 Å². The molecule has 1 aliphatic carbocycles. The van der Waals surface area contributed by atoms with Crippen molar-refractivity contribution in [2.75, 3.05) is 5.32 Å². The Hall–Kier alpha value is -2.68. The van der Waals surface area contributed by atoms with Gasteiger partial charge >= 0.3 is 6.18 Å². The molecule has 1 atom stereocenters. The fourth-order valence-corrected chi connectivity index (χ4v) is 2.51. The molecule has 0 saturated heterocycles. The molecule has 0 radical (unpaired) electrons. The smallest absolute Gasteiger partial charge is 0.418 e. The molecule has 3 rings (SSSR count). The number of pyridine rings is 1. The topological polar surface area (TPSA) is 77.8 Å². The van der Waals surface area contributed by atoms with Crippen molar-refractivity contribution < 1.29 is 22.4 Å². The SMILES string of the molecule is CC(NC(=O)C1([NH-])CC1)c1ccc(Nc2ccc(F)cc2C(F)(F)F)cn1. The predicted molar refractivity (Wildman–Crippen MR) is 91.8 cm³/mol. The van der Waals surface area contributed by atoms with Crippen molar-refractivity contribution >= 4 is 17.3 Å². The van der Waals surface area contributed by atoms with Crippen molar-refractivity contribution in [1.29, 1.82) is 0 Å². The van der Waals surface area contributed by atoms with Gasteiger partial charge in [0.15, 0.2) is 0 Å². The molecule has 1 unspecified atom stereocenters. The molecule has 2 aromatic rings. The van der Waals surface area contributed by atoms with Crippen molar-refractivity contribution in [2.24, 2.45) is 0 Å². The molecule has 1 aromatic carbocycles. The number of carbonyl (C=O) groups excluding carboxylic acids is 1. The first-order chi connectivity index (χ1) is 12.6. The summed E-state index contributed by atoms with van der Waals surface area (Å²) < 4.78 is 52.3. The van der Waals surface area contributed by atoms with Crippen LogP contribution in [0.4, 0.5) is 28.9 Å². The second-order valence-corrected chi connectivity index (χ2v) is 6.56. The van der Waals surface area contributed by atoms with Crippen LogP contribution in [0.2, 0.25) is 0 Å². The molecule has 0 aliphatic heterocycles. The van der Waals surface area contributed by atoms with Crippen LogP contribution in [-0.2, 0) is 11.0 Å². The third-order valence-electron chi connectivity index (χ3n) is 4.33. The van der Waals surface area contributed by atoms with E-state index in [-0.39, 0.29) is 17.3 Å². The van der Waals surface area contributed by atoms with E-state index in [0.717, 1.165) is 12.1 Å². The average Bonchev–Trinajstić information content (AvgIpc) is 3.35. The molecule has 3 N–H and O–H groups in total. The van der Waals surface area contributed by atoms with Gasteiger partial charge in [-0.15, -0.1) is 0 Å². The summed E-state index contributed by atoms with van der Waals surface area (Å²) >= 11 is 0. The minimum Gasteiger partial charge on any atom is -0.664 e. The monoisotopic (exact) mass is 381 g/mol. The molecule has 1 aromatic heterocycles. The Bertz CT molecular complexity index is 847. The predicted octanol–water partition coefficient (Wildman–Crippen LogP) is 4.75. The number of nitrogens with one attached hydrogen (secondary N) is 3. The molecule has 0 bridgehead atoms. The van der Waals surface area contributed by atoms with Crippen LogP contribution in [0.25, 0.3) is 5.73 Å². The lowest BCUT2D eigenvalue weighted by Gasteiger charge is -2.21. The highest BCUT2D eigenvalue weighted by Gasteiger charge is 2.38. The van der Waals surface area contributed by atoms with E-state index < -0.39 is 29.1 Å². The molecular weight excluding hydrogens is 364 g/mol. The number of alkyl halides is 3. The Morgan fingerprint density at radius 1 is 1.26 bits per heavy atom. The highest BCUT2D eigenvalue weighted by molar-refractivity contribution is 5.91. The van der Waals surface area contributed by atoms with Gasteiger partial charge in [0.2, 0.25) is 5.91 Å². The van der Waals surface area contributed by atoms with Crippen LogP contribution in [0.3, 0.4) is 0 Å². The minimum atomic E-state index is -4.70. The number of hydrogen-bond acceptors (Lipinski definition) is 3. The zero-order valence-electron chi connectivity index (χ0n) is 14.3. The van der Waals surface area contributed by atoms with Crippen molar-refractivity contribution in [2.45, 2.75) is 37.5 Å². The Morgan fingerprint density at radius 2 is 1.96 bits per heavy atom. The Balaban J connectivity index is 1.72. The molecule has 1 heterocycles. The maximum Gasteiger partial charge on any atom is 0.418 e. The Labute approximate surface area is 153 Å². The van der Waals surface area contributed by atoms with Crippen molar-refractivity contribution in [3.05, 3.63) is 59.3 Å². The molecule has 144 valence electrons. The minimum absolute atomic E-state index is 0.286. The van der Waals surface area contributed by atoms with Crippen LogP contribution in [0.1, 0.15) is 37.1 Å². The number of rotatable bonds is 5. The van der Waals surface area contributed by atoms with Gasteiger partial charge in [0.1, 0.15) is 5.82 Å². The number of halogens is 4. The number of hydrogen-bond donors (Lipinski definition) is 2. The maximum atomic E-state index is 13.2. The van der Waals surface area contributed by atoms with Gasteiger partial charge in [0.05, 0.1) is 34.9 Å². The van der Waals surface area contributed by atoms with Crippen molar-refractivity contribution in [1.82, 2.24) is 10.3 Å². The van der Waals surface area contributed by atoms with E-state index in [0.29, 0.717) is 24.6 Å². The summed E-state index contributed by atoms with van der Waals surface area (Å²) in [7, 11) is 0. The van der Waals surface area contributed by atoms with Crippen LogP contribution in [0.15, 0.2) is 36.5 Å². The molecule has 1 amide bonds. The van der Waals surface area contributed by atoms with Gasteiger partial charge in [-0.1, -0.05) is 12.8 Å². The van der Waals surface area contributed by atoms with E-state index in [9.17, 15) is 22.4 Å². The van der Waals surface area contributed by atoms with E-state index in [1.807, 2.05) is 0 Å². The summed E-state index contributed by atoms with van der Waals surface area (Å²) in [6.07, 6.45) is -2.32. The molecular formula is C18H17F4N4O-. The molecule has 5 nitrogen and oxygen atoms in total. The molecule has 27 heavy (non-hydrogen) atoms. The summed E-state index contributed by atoms with van der Waals surface area (Å²) in [6.45, 7) is 1.71. The first-order valence-electron chi connectivity index (χ1n) is 8.24. The van der Waals surface area contributed by atoms with Crippen LogP contribution in [-0.4, -0.2) is 16.4 Å². The first kappa shape index (κ1) is 19.1. The van der Waals surface area contributed by atoms with Gasteiger partial charge in [-0.25, -0.2) is 4.39 Å². The van der Waals surface area contributed by atoms with E-state index in [4.69, 9.17) is 5.73 Å². The van der Waals surface area contributed by atoms with Gasteiger partial charge in [-0.05, 0) is 42.8 Å². The van der Waals surface area contributed by atoms with E-state index >= 15 is 0 Å². The lowest BCUT2D eigenvalue weighted by molar-refractivity contribution is -0.137. The quantitative estimate of drug-likeness (QED) is 0.734. The fourth-order valence-electron chi connectivity index (χ4n) is 2.51. The Morgan fingerprint density at radius 3 is 2.52 bits per heavy atom. The van der Waals surface area contributed by atoms with E-state index in [1.54, 1.807) is 13.0 Å². The van der Waals surface area contributed by atoms with Crippen molar-refractivity contribution in [3.8, 4) is 0 Å². The highest BCUT2D eigenvalue weighted by atomic mass is 19.4. The van der Waals surface area contributed by atoms with Gasteiger partial charge in [-0.3, -0.25) is 9.78 Å². The zero-order chi connectivity index (χ0) is 19.8. The van der Waals surface area contributed by atoms with Gasteiger partial charge in [0.25, 0.3) is 0 Å². The molecule has 9 heteroatoms. The van der Waals surface area contributed by atoms with Gasteiger partial charge < -0.3 is 16.4 Å². The first-order valence-corrected chi connectivity index (χ1v) is 8.24. The van der Waals surface area contributed by atoms with Crippen LogP contribution >= 0.6 is 0 Å². The fraction of sp³-hybridized carbons (Fsp3) is 0.333. The summed E-state index contributed by atoms with van der Waals surface area (Å²) in [6, 6.07) is 5.02. The van der Waals surface area contributed by atoms with Crippen LogP contribution < -0.4 is 10.6 Å². The largest absolute Gasteiger partial charge is 0.664 e. The summed E-state index contributed by atoms with van der Waals surface area (Å²) in [5.41, 5.74) is 6.13. The number of nitrogens with zero attached hydrogens (tertiary/aromatic N) is 1. The lowest BCUT2D eigenvalue weighted by atomic mass is 10.1. The summed E-state index contributed by atoms with van der Waals surface area (Å²) in [5, 5.41) is 5.28. The number of aromatic nitrogens is 1. The van der Waals surface area contributed by atoms with Gasteiger partial charge in [0, 0.05) is 0 Å². The molecule has 0 spiro atoms. The second-order valence-electron chi connectivity index (χ2n) is 6.56. The third-order valence-corrected chi connectivity index (χ3v) is 4.33. The number of amides is 1. The van der Waals surface area contributed by atoms with Crippen LogP contribution in [0.5, 0.6) is 0 Å². The standard InChI is InChI=1S/C18H17F4N4O/c1-10(25-16(27)17(23)6-7-17)14-5-3-12(9-24-14)26-15-4-2-11(19)8-13(15)18(20,21)22/h2-5,8-10,23,26H,6-7H2,1H3,(H,25,27)/q-1. The summed E-state index contributed by atoms with van der Waals surface area (Å²) in [5.74, 6) is -1.34.